The van der Waals surface area contributed by atoms with Crippen LogP contribution in [0.3, 0.4) is 0 Å². The maximum absolute atomic E-state index is 11.7. The highest BCUT2D eigenvalue weighted by Gasteiger charge is 2.12. The van der Waals surface area contributed by atoms with Gasteiger partial charge in [0, 0.05) is 22.3 Å². The van der Waals surface area contributed by atoms with E-state index in [9.17, 15) is 4.79 Å². The van der Waals surface area contributed by atoms with Crippen LogP contribution >= 0.6 is 27.7 Å². The van der Waals surface area contributed by atoms with Gasteiger partial charge in [-0.1, -0.05) is 6.92 Å². The monoisotopic (exact) mass is 302 g/mol. The first-order valence-electron chi connectivity index (χ1n) is 4.96. The van der Waals surface area contributed by atoms with Crippen LogP contribution in [0.15, 0.2) is 16.7 Å². The first-order valence-corrected chi connectivity index (χ1v) is 7.15. The minimum absolute atomic E-state index is 0.000697. The van der Waals surface area contributed by atoms with E-state index < -0.39 is 0 Å². The summed E-state index contributed by atoms with van der Waals surface area (Å²) in [6.07, 6.45) is 3.69. The Morgan fingerprint density at radius 1 is 1.69 bits per heavy atom. The molecule has 1 rings (SSSR count). The first kappa shape index (κ1) is 13.5. The fourth-order valence-corrected chi connectivity index (χ4v) is 2.05. The predicted molar refractivity (Wildman–Crippen MR) is 72.8 cm³/mol. The van der Waals surface area contributed by atoms with Crippen molar-refractivity contribution in [3.05, 3.63) is 22.3 Å². The molecule has 0 saturated heterocycles. The lowest BCUT2D eigenvalue weighted by Crippen LogP contribution is -2.22. The van der Waals surface area contributed by atoms with Crippen LogP contribution in [0.5, 0.6) is 0 Å². The third-order valence-corrected chi connectivity index (χ3v) is 3.83. The zero-order valence-corrected chi connectivity index (χ0v) is 12.0. The van der Waals surface area contributed by atoms with Gasteiger partial charge in [-0.05, 0) is 40.7 Å². The normalized spacial score (nSPS) is 12.2. The fraction of sp³-hybridized carbons (Fsp3) is 0.455. The Labute approximate surface area is 109 Å². The van der Waals surface area contributed by atoms with E-state index in [1.807, 2.05) is 26.2 Å². The molecule has 5 heteroatoms. The number of hydrogen-bond acceptors (Lipinski definition) is 3. The summed E-state index contributed by atoms with van der Waals surface area (Å²) in [5, 5.41) is 2.81. The summed E-state index contributed by atoms with van der Waals surface area (Å²) >= 11 is 5.04. The van der Waals surface area contributed by atoms with Crippen LogP contribution in [0.4, 0.5) is 5.82 Å². The van der Waals surface area contributed by atoms with E-state index in [4.69, 9.17) is 0 Å². The zero-order valence-electron chi connectivity index (χ0n) is 9.58. The minimum atomic E-state index is 0.000697. The molecule has 0 aliphatic heterocycles. The molecule has 0 saturated carbocycles. The third-order valence-electron chi connectivity index (χ3n) is 2.16. The van der Waals surface area contributed by atoms with Gasteiger partial charge in [0.05, 0.1) is 0 Å². The van der Waals surface area contributed by atoms with Crippen molar-refractivity contribution in [3.8, 4) is 0 Å². The Morgan fingerprint density at radius 2 is 2.38 bits per heavy atom. The maximum Gasteiger partial charge on any atom is 0.229 e. The lowest BCUT2D eigenvalue weighted by Gasteiger charge is -2.10. The minimum Gasteiger partial charge on any atom is -0.310 e. The van der Waals surface area contributed by atoms with E-state index in [0.29, 0.717) is 5.82 Å². The average Bonchev–Trinajstić information content (AvgIpc) is 2.24. The van der Waals surface area contributed by atoms with E-state index in [-0.39, 0.29) is 11.8 Å². The number of hydrogen-bond donors (Lipinski definition) is 1. The lowest BCUT2D eigenvalue weighted by molar-refractivity contribution is -0.118. The van der Waals surface area contributed by atoms with Crippen molar-refractivity contribution in [2.75, 3.05) is 17.3 Å². The Balaban J connectivity index is 2.66. The second kappa shape index (κ2) is 6.25. The molecule has 0 spiro atoms. The Kier molecular flexibility index (Phi) is 5.28. The summed E-state index contributed by atoms with van der Waals surface area (Å²) in [4.78, 5) is 15.9. The summed E-state index contributed by atoms with van der Waals surface area (Å²) in [6, 6.07) is 1.85. The van der Waals surface area contributed by atoms with Crippen LogP contribution in [-0.4, -0.2) is 22.9 Å². The van der Waals surface area contributed by atoms with Crippen molar-refractivity contribution in [3.63, 3.8) is 0 Å². The van der Waals surface area contributed by atoms with Gasteiger partial charge >= 0.3 is 0 Å². The van der Waals surface area contributed by atoms with E-state index in [0.717, 1.165) is 15.8 Å². The summed E-state index contributed by atoms with van der Waals surface area (Å²) < 4.78 is 0.947. The molecule has 0 aliphatic rings. The molecule has 1 aromatic rings. The average molecular weight is 303 g/mol. The van der Waals surface area contributed by atoms with Crippen LogP contribution in [-0.2, 0) is 4.79 Å². The lowest BCUT2D eigenvalue weighted by atomic mass is 10.2. The van der Waals surface area contributed by atoms with Gasteiger partial charge in [0.15, 0.2) is 0 Å². The zero-order chi connectivity index (χ0) is 12.1. The summed E-state index contributed by atoms with van der Waals surface area (Å²) in [5.41, 5.74) is 1.06. The molecule has 1 heterocycles. The highest BCUT2D eigenvalue weighted by atomic mass is 79.9. The van der Waals surface area contributed by atoms with Crippen LogP contribution in [0.1, 0.15) is 12.5 Å². The number of aromatic nitrogens is 1. The van der Waals surface area contributed by atoms with Gasteiger partial charge in [-0.3, -0.25) is 4.79 Å². The molecule has 1 amide bonds. The number of anilines is 1. The molecule has 0 bridgehead atoms. The number of pyridine rings is 1. The van der Waals surface area contributed by atoms with Gasteiger partial charge in [0.25, 0.3) is 0 Å². The first-order chi connectivity index (χ1) is 7.54. The molecule has 1 aromatic heterocycles. The molecule has 0 radical (unpaired) electrons. The van der Waals surface area contributed by atoms with Gasteiger partial charge in [-0.15, -0.1) is 0 Å². The SMILES string of the molecule is CSCC(C)C(=O)Nc1cc(C)c(Br)cn1. The fourth-order valence-electron chi connectivity index (χ4n) is 1.18. The molecule has 1 N–H and O–H groups in total. The van der Waals surface area contributed by atoms with Gasteiger partial charge in [-0.25, -0.2) is 4.98 Å². The maximum atomic E-state index is 11.7. The van der Waals surface area contributed by atoms with Gasteiger partial charge in [0.2, 0.25) is 5.91 Å². The largest absolute Gasteiger partial charge is 0.310 e. The van der Waals surface area contributed by atoms with Crippen LogP contribution in [0.25, 0.3) is 0 Å². The van der Waals surface area contributed by atoms with Crippen molar-refractivity contribution in [2.24, 2.45) is 5.92 Å². The number of carbonyl (C=O) groups is 1. The molecule has 1 atom stereocenters. The van der Waals surface area contributed by atoms with Gasteiger partial charge in [-0.2, -0.15) is 11.8 Å². The summed E-state index contributed by atoms with van der Waals surface area (Å²) in [5.74, 6) is 1.45. The molecule has 0 aromatic carbocycles. The van der Waals surface area contributed by atoms with E-state index in [1.54, 1.807) is 18.0 Å². The summed E-state index contributed by atoms with van der Waals surface area (Å²) in [6.45, 7) is 3.88. The second-order valence-electron chi connectivity index (χ2n) is 3.66. The van der Waals surface area contributed by atoms with E-state index in [2.05, 4.69) is 26.2 Å². The molecule has 0 aliphatic carbocycles. The van der Waals surface area contributed by atoms with Gasteiger partial charge < -0.3 is 5.32 Å². The van der Waals surface area contributed by atoms with Gasteiger partial charge in [0.1, 0.15) is 5.82 Å². The number of nitrogens with one attached hydrogen (secondary N) is 1. The van der Waals surface area contributed by atoms with Crippen molar-refractivity contribution in [1.29, 1.82) is 0 Å². The molecular formula is C11H15BrN2OS. The van der Waals surface area contributed by atoms with Crippen LogP contribution in [0.2, 0.25) is 0 Å². The van der Waals surface area contributed by atoms with E-state index >= 15 is 0 Å². The molecule has 3 nitrogen and oxygen atoms in total. The van der Waals surface area contributed by atoms with Crippen molar-refractivity contribution < 1.29 is 4.79 Å². The quantitative estimate of drug-likeness (QED) is 0.929. The number of rotatable bonds is 4. The smallest absolute Gasteiger partial charge is 0.229 e. The Morgan fingerprint density at radius 3 is 2.94 bits per heavy atom. The number of amides is 1. The molecule has 1 unspecified atom stereocenters. The number of carbonyl (C=O) groups excluding carboxylic acids is 1. The third kappa shape index (κ3) is 3.79. The topological polar surface area (TPSA) is 42.0 Å². The Bertz CT molecular complexity index is 384. The number of halogens is 1. The van der Waals surface area contributed by atoms with Crippen LogP contribution < -0.4 is 5.32 Å². The number of nitrogens with zero attached hydrogens (tertiary/aromatic N) is 1. The number of thioether (sulfide) groups is 1. The highest BCUT2D eigenvalue weighted by molar-refractivity contribution is 9.10. The van der Waals surface area contributed by atoms with Crippen LogP contribution in [0, 0.1) is 12.8 Å². The van der Waals surface area contributed by atoms with Crippen molar-refractivity contribution >= 4 is 39.4 Å². The predicted octanol–water partition coefficient (Wildman–Crippen LogP) is 3.09. The van der Waals surface area contributed by atoms with Crippen molar-refractivity contribution in [2.45, 2.75) is 13.8 Å². The van der Waals surface area contributed by atoms with E-state index in [1.165, 1.54) is 0 Å². The molecule has 88 valence electrons. The highest BCUT2D eigenvalue weighted by Crippen LogP contribution is 2.17. The standard InChI is InChI=1S/C11H15BrN2OS/c1-7-4-10(13-5-9(7)12)14-11(15)8(2)6-16-3/h4-5,8H,6H2,1-3H3,(H,13,14,15). The van der Waals surface area contributed by atoms with Crippen molar-refractivity contribution in [1.82, 2.24) is 4.98 Å². The Hall–Kier alpha value is -0.550. The molecule has 16 heavy (non-hydrogen) atoms. The molecule has 0 fully saturated rings. The molecular weight excluding hydrogens is 288 g/mol. The summed E-state index contributed by atoms with van der Waals surface area (Å²) in [7, 11) is 0. The number of aryl methyl sites for hydroxylation is 1. The second-order valence-corrected chi connectivity index (χ2v) is 5.43.